The molecule has 1 aromatic heterocycles. The van der Waals surface area contributed by atoms with E-state index < -0.39 is 17.0 Å². The minimum atomic E-state index is -0.730. The first kappa shape index (κ1) is 26.8. The number of hydrogen-bond donors (Lipinski definition) is 4. The zero-order valence-electron chi connectivity index (χ0n) is 19.1. The van der Waals surface area contributed by atoms with Gasteiger partial charge < -0.3 is 22.1 Å². The molecule has 1 aliphatic heterocycles. The van der Waals surface area contributed by atoms with Gasteiger partial charge in [-0.2, -0.15) is 0 Å². The average molecular weight is 532 g/mol. The number of guanidine groups is 1. The number of para-hydroxylation sites is 2. The topological polar surface area (TPSA) is 171 Å². The van der Waals surface area contributed by atoms with Crippen LogP contribution in [0.1, 0.15) is 18.4 Å². The number of amides is 2. The summed E-state index contributed by atoms with van der Waals surface area (Å²) in [5.41, 5.74) is 12.3. The minimum absolute atomic E-state index is 0. The maximum absolute atomic E-state index is 12.8. The number of benzene rings is 2. The third-order valence-corrected chi connectivity index (χ3v) is 6.70. The molecule has 190 valence electrons. The van der Waals surface area contributed by atoms with Crippen molar-refractivity contribution >= 4 is 58.7 Å². The van der Waals surface area contributed by atoms with E-state index >= 15 is 0 Å². The van der Waals surface area contributed by atoms with E-state index in [1.807, 2.05) is 34.4 Å². The van der Waals surface area contributed by atoms with Gasteiger partial charge in [0.2, 0.25) is 11.8 Å². The van der Waals surface area contributed by atoms with Gasteiger partial charge in [0.15, 0.2) is 5.96 Å². The summed E-state index contributed by atoms with van der Waals surface area (Å²) in [5.74, 6) is -0.529. The third-order valence-electron chi connectivity index (χ3n) is 5.65. The Labute approximate surface area is 217 Å². The lowest BCUT2D eigenvalue weighted by Crippen LogP contribution is -2.62. The molecule has 1 fully saturated rings. The molecule has 0 radical (unpaired) electrons. The zero-order valence-corrected chi connectivity index (χ0v) is 20.8. The normalized spacial score (nSPS) is 17.1. The van der Waals surface area contributed by atoms with E-state index in [1.165, 1.54) is 18.0 Å². The highest BCUT2D eigenvalue weighted by atomic mass is 35.5. The number of piperazine rings is 1. The lowest BCUT2D eigenvalue weighted by atomic mass is 10.00. The van der Waals surface area contributed by atoms with Gasteiger partial charge in [-0.05, 0) is 42.5 Å². The van der Waals surface area contributed by atoms with Crippen molar-refractivity contribution in [2.75, 3.05) is 6.54 Å². The number of aromatic nitrogens is 1. The van der Waals surface area contributed by atoms with Crippen LogP contribution in [0.2, 0.25) is 0 Å². The summed E-state index contributed by atoms with van der Waals surface area (Å²) in [6.45, 7) is 0.377. The second-order valence-electron chi connectivity index (χ2n) is 8.09. The number of rotatable bonds is 9. The number of carbonyl (C=O) groups is 2. The Morgan fingerprint density at radius 2 is 1.72 bits per heavy atom. The lowest BCUT2D eigenvalue weighted by molar-refractivity contribution is -0.387. The van der Waals surface area contributed by atoms with Crippen LogP contribution in [0.3, 0.4) is 0 Å². The van der Waals surface area contributed by atoms with E-state index in [4.69, 9.17) is 11.5 Å². The first-order chi connectivity index (χ1) is 16.8. The van der Waals surface area contributed by atoms with Crippen LogP contribution in [0.4, 0.5) is 5.69 Å². The Kier molecular flexibility index (Phi) is 8.78. The molecular formula is C23H26ClN7O4S. The van der Waals surface area contributed by atoms with Crippen molar-refractivity contribution in [1.82, 2.24) is 14.6 Å². The van der Waals surface area contributed by atoms with E-state index in [9.17, 15) is 19.7 Å². The molecule has 2 aromatic carbocycles. The zero-order chi connectivity index (χ0) is 24.9. The molecule has 36 heavy (non-hydrogen) atoms. The molecule has 13 heteroatoms. The average Bonchev–Trinajstić information content (AvgIpc) is 3.17. The second-order valence-corrected chi connectivity index (χ2v) is 9.10. The van der Waals surface area contributed by atoms with Crippen LogP contribution in [0.5, 0.6) is 0 Å². The number of nitro benzene ring substituents is 1. The molecule has 6 N–H and O–H groups in total. The largest absolute Gasteiger partial charge is 0.370 e. The van der Waals surface area contributed by atoms with E-state index in [0.717, 1.165) is 16.5 Å². The quantitative estimate of drug-likeness (QED) is 0.108. The number of hydrogen-bond acceptors (Lipinski definition) is 6. The Hall–Kier alpha value is -3.77. The molecule has 1 saturated heterocycles. The highest BCUT2D eigenvalue weighted by Gasteiger charge is 2.33. The SMILES string of the molecule is Cl.NC(N)=NCCC[C@H]1NC(=O)[C@H](Cc2cn(Sc3ccccc3[N+](=O)[O-])c3ccccc23)NC1=O. The summed E-state index contributed by atoms with van der Waals surface area (Å²) in [6, 6.07) is 12.8. The molecule has 11 nitrogen and oxygen atoms in total. The number of carbonyl (C=O) groups excluding carboxylic acids is 2. The highest BCUT2D eigenvalue weighted by Crippen LogP contribution is 2.34. The first-order valence-corrected chi connectivity index (χ1v) is 11.8. The molecule has 0 spiro atoms. The Morgan fingerprint density at radius 1 is 1.06 bits per heavy atom. The van der Waals surface area contributed by atoms with Crippen LogP contribution in [0.15, 0.2) is 64.6 Å². The minimum Gasteiger partial charge on any atom is -0.370 e. The maximum atomic E-state index is 12.8. The van der Waals surface area contributed by atoms with Crippen molar-refractivity contribution in [3.63, 3.8) is 0 Å². The van der Waals surface area contributed by atoms with E-state index in [0.29, 0.717) is 24.3 Å². The van der Waals surface area contributed by atoms with Crippen molar-refractivity contribution in [3.8, 4) is 0 Å². The molecule has 2 atom stereocenters. The molecule has 2 amide bonds. The number of halogens is 1. The number of nitrogens with zero attached hydrogens (tertiary/aromatic N) is 3. The lowest BCUT2D eigenvalue weighted by Gasteiger charge is -2.29. The number of aliphatic imine (C=N–C) groups is 1. The number of fused-ring (bicyclic) bond motifs is 1. The van der Waals surface area contributed by atoms with E-state index in [1.54, 1.807) is 18.2 Å². The molecule has 2 heterocycles. The fraction of sp³-hybridized carbons (Fsp3) is 0.261. The number of nitro groups is 1. The predicted molar refractivity (Wildman–Crippen MR) is 141 cm³/mol. The third kappa shape index (κ3) is 6.07. The van der Waals surface area contributed by atoms with Crippen molar-refractivity contribution in [2.24, 2.45) is 16.5 Å². The number of nitrogens with one attached hydrogen (secondary N) is 2. The van der Waals surface area contributed by atoms with Crippen LogP contribution in [-0.4, -0.2) is 45.3 Å². The van der Waals surface area contributed by atoms with Gasteiger partial charge in [-0.3, -0.25) is 28.7 Å². The van der Waals surface area contributed by atoms with Crippen LogP contribution in [0, 0.1) is 10.1 Å². The van der Waals surface area contributed by atoms with Gasteiger partial charge in [0.1, 0.15) is 17.0 Å². The van der Waals surface area contributed by atoms with Gasteiger partial charge >= 0.3 is 0 Å². The molecule has 0 aliphatic carbocycles. The predicted octanol–water partition coefficient (Wildman–Crippen LogP) is 2.11. The number of nitrogens with two attached hydrogens (primary N) is 2. The molecule has 1 aliphatic rings. The molecule has 3 aromatic rings. The van der Waals surface area contributed by atoms with E-state index in [2.05, 4.69) is 15.6 Å². The van der Waals surface area contributed by atoms with Crippen LogP contribution in [-0.2, 0) is 16.0 Å². The van der Waals surface area contributed by atoms with Gasteiger partial charge in [0.25, 0.3) is 5.69 Å². The van der Waals surface area contributed by atoms with Crippen LogP contribution in [0.25, 0.3) is 10.9 Å². The van der Waals surface area contributed by atoms with Crippen LogP contribution >= 0.6 is 24.4 Å². The standard InChI is InChI=1S/C23H25N7O4S.ClH/c24-23(25)26-11-5-7-16-21(31)28-17(22(32)27-16)12-14-13-29(18-8-2-1-6-15(14)18)35-20-10-4-3-9-19(20)30(33)34;/h1-4,6,8-10,13,16-17H,5,7,11-12H2,(H,27,32)(H,28,31)(H4,24,25,26);1H/t16-,17+;/m1./s1. The van der Waals surface area contributed by atoms with Crippen molar-refractivity contribution in [2.45, 2.75) is 36.2 Å². The Morgan fingerprint density at radius 3 is 2.47 bits per heavy atom. The van der Waals surface area contributed by atoms with Gasteiger partial charge in [-0.15, -0.1) is 12.4 Å². The van der Waals surface area contributed by atoms with Gasteiger partial charge in [-0.25, -0.2) is 0 Å². The van der Waals surface area contributed by atoms with Gasteiger partial charge in [-0.1, -0.05) is 30.3 Å². The highest BCUT2D eigenvalue weighted by molar-refractivity contribution is 7.98. The van der Waals surface area contributed by atoms with Crippen molar-refractivity contribution in [3.05, 3.63) is 70.4 Å². The summed E-state index contributed by atoms with van der Waals surface area (Å²) in [4.78, 5) is 40.8. The molecule has 4 rings (SSSR count). The van der Waals surface area contributed by atoms with E-state index in [-0.39, 0.29) is 42.3 Å². The summed E-state index contributed by atoms with van der Waals surface area (Å²) >= 11 is 1.23. The molecule has 0 saturated carbocycles. The first-order valence-electron chi connectivity index (χ1n) is 11.0. The maximum Gasteiger partial charge on any atom is 0.284 e. The van der Waals surface area contributed by atoms with Crippen molar-refractivity contribution < 1.29 is 14.5 Å². The summed E-state index contributed by atoms with van der Waals surface area (Å²) in [6.07, 6.45) is 3.11. The van der Waals surface area contributed by atoms with Gasteiger partial charge in [0.05, 0.1) is 10.4 Å². The fourth-order valence-electron chi connectivity index (χ4n) is 3.99. The molecular weight excluding hydrogens is 506 g/mol. The Balaban J connectivity index is 0.00000361. The monoisotopic (exact) mass is 531 g/mol. The summed E-state index contributed by atoms with van der Waals surface area (Å²) in [7, 11) is 0. The summed E-state index contributed by atoms with van der Waals surface area (Å²) < 4.78 is 1.85. The fourth-order valence-corrected chi connectivity index (χ4v) is 5.02. The Bertz CT molecular complexity index is 1310. The second kappa shape index (κ2) is 11.8. The summed E-state index contributed by atoms with van der Waals surface area (Å²) in [5, 5.41) is 17.9. The van der Waals surface area contributed by atoms with Gasteiger partial charge in [0, 0.05) is 30.6 Å². The smallest absolute Gasteiger partial charge is 0.284 e. The van der Waals surface area contributed by atoms with Crippen LogP contribution < -0.4 is 22.1 Å². The molecule has 0 unspecified atom stereocenters. The molecule has 0 bridgehead atoms. The van der Waals surface area contributed by atoms with Crippen molar-refractivity contribution in [1.29, 1.82) is 0 Å².